The minimum absolute atomic E-state index is 0.0353. The molecule has 1 unspecified atom stereocenters. The van der Waals surface area contributed by atoms with E-state index >= 15 is 0 Å². The first-order chi connectivity index (χ1) is 8.63. The van der Waals surface area contributed by atoms with E-state index in [1.54, 1.807) is 0 Å². The Kier molecular flexibility index (Phi) is 6.44. The number of nitrogens with two attached hydrogens (primary N) is 1. The molecular weight excluding hydrogens is 224 g/mol. The largest absolute Gasteiger partial charge is 0.352 e. The van der Waals surface area contributed by atoms with E-state index < -0.39 is 0 Å². The number of amides is 1. The van der Waals surface area contributed by atoms with Crippen molar-refractivity contribution in [3.05, 3.63) is 35.9 Å². The SMILES string of the molecule is CCCC[C@H](N)C(=O)NC(C)Cc1ccccc1. The lowest BCUT2D eigenvalue weighted by atomic mass is 10.1. The van der Waals surface area contributed by atoms with Gasteiger partial charge in [-0.3, -0.25) is 4.79 Å². The number of hydrogen-bond donors (Lipinski definition) is 2. The summed E-state index contributed by atoms with van der Waals surface area (Å²) in [6.45, 7) is 4.11. The van der Waals surface area contributed by atoms with Crippen LogP contribution >= 0.6 is 0 Å². The predicted molar refractivity (Wildman–Crippen MR) is 75.3 cm³/mol. The third-order valence-electron chi connectivity index (χ3n) is 2.98. The number of rotatable bonds is 7. The van der Waals surface area contributed by atoms with Crippen LogP contribution in [0.5, 0.6) is 0 Å². The monoisotopic (exact) mass is 248 g/mol. The molecule has 0 aliphatic carbocycles. The molecule has 0 spiro atoms. The standard InChI is InChI=1S/C15H24N2O/c1-3-4-10-14(16)15(18)17-12(2)11-13-8-6-5-7-9-13/h5-9,12,14H,3-4,10-11,16H2,1-2H3,(H,17,18)/t12?,14-/m0/s1. The van der Waals surface area contributed by atoms with Gasteiger partial charge in [0.1, 0.15) is 0 Å². The van der Waals surface area contributed by atoms with E-state index in [0.717, 1.165) is 25.7 Å². The van der Waals surface area contributed by atoms with Crippen molar-refractivity contribution in [3.63, 3.8) is 0 Å². The average molecular weight is 248 g/mol. The molecule has 0 aliphatic rings. The van der Waals surface area contributed by atoms with E-state index in [1.807, 2.05) is 25.1 Å². The van der Waals surface area contributed by atoms with E-state index in [0.29, 0.717) is 0 Å². The van der Waals surface area contributed by atoms with Gasteiger partial charge in [0.05, 0.1) is 6.04 Å². The third kappa shape index (κ3) is 5.32. The summed E-state index contributed by atoms with van der Waals surface area (Å²) in [4.78, 5) is 11.8. The van der Waals surface area contributed by atoms with Gasteiger partial charge in [-0.2, -0.15) is 0 Å². The maximum absolute atomic E-state index is 11.8. The molecule has 2 atom stereocenters. The van der Waals surface area contributed by atoms with Crippen LogP contribution in [-0.4, -0.2) is 18.0 Å². The number of hydrogen-bond acceptors (Lipinski definition) is 2. The molecule has 0 heterocycles. The summed E-state index contributed by atoms with van der Waals surface area (Å²) in [6, 6.07) is 9.90. The number of carbonyl (C=O) groups excluding carboxylic acids is 1. The van der Waals surface area contributed by atoms with Gasteiger partial charge in [-0.15, -0.1) is 0 Å². The molecule has 1 rings (SSSR count). The van der Waals surface area contributed by atoms with Gasteiger partial charge in [-0.1, -0.05) is 50.1 Å². The highest BCUT2D eigenvalue weighted by Crippen LogP contribution is 2.04. The second-order valence-corrected chi connectivity index (χ2v) is 4.85. The molecule has 3 N–H and O–H groups in total. The van der Waals surface area contributed by atoms with E-state index in [2.05, 4.69) is 24.4 Å². The Morgan fingerprint density at radius 1 is 1.33 bits per heavy atom. The van der Waals surface area contributed by atoms with Crippen molar-refractivity contribution in [1.29, 1.82) is 0 Å². The van der Waals surface area contributed by atoms with Crippen LogP contribution in [0.4, 0.5) is 0 Å². The Balaban J connectivity index is 2.35. The Bertz CT molecular complexity index is 351. The van der Waals surface area contributed by atoms with Crippen molar-refractivity contribution >= 4 is 5.91 Å². The highest BCUT2D eigenvalue weighted by Gasteiger charge is 2.15. The summed E-state index contributed by atoms with van der Waals surface area (Å²) in [6.07, 6.45) is 3.68. The van der Waals surface area contributed by atoms with Gasteiger partial charge in [0.25, 0.3) is 0 Å². The van der Waals surface area contributed by atoms with E-state index in [9.17, 15) is 4.79 Å². The number of carbonyl (C=O) groups is 1. The summed E-state index contributed by atoms with van der Waals surface area (Å²) in [7, 11) is 0. The molecule has 0 radical (unpaired) electrons. The summed E-state index contributed by atoms with van der Waals surface area (Å²) < 4.78 is 0. The van der Waals surface area contributed by atoms with Crippen LogP contribution in [0.25, 0.3) is 0 Å². The Hall–Kier alpha value is -1.35. The lowest BCUT2D eigenvalue weighted by Gasteiger charge is -2.17. The summed E-state index contributed by atoms with van der Waals surface area (Å²) in [5.41, 5.74) is 7.06. The van der Waals surface area contributed by atoms with Crippen molar-refractivity contribution in [2.45, 2.75) is 51.6 Å². The lowest BCUT2D eigenvalue weighted by Crippen LogP contribution is -2.45. The van der Waals surface area contributed by atoms with Gasteiger partial charge in [-0.05, 0) is 25.3 Å². The molecule has 0 fully saturated rings. The predicted octanol–water partition coefficient (Wildman–Crippen LogP) is 2.25. The average Bonchev–Trinajstić information content (AvgIpc) is 2.36. The number of nitrogens with one attached hydrogen (secondary N) is 1. The molecule has 100 valence electrons. The fraction of sp³-hybridized carbons (Fsp3) is 0.533. The van der Waals surface area contributed by atoms with Crippen molar-refractivity contribution in [2.24, 2.45) is 5.73 Å². The molecule has 0 aromatic heterocycles. The normalized spacial score (nSPS) is 13.9. The van der Waals surface area contributed by atoms with Crippen LogP contribution in [0, 0.1) is 0 Å². The van der Waals surface area contributed by atoms with Crippen LogP contribution in [0.15, 0.2) is 30.3 Å². The van der Waals surface area contributed by atoms with Crippen LogP contribution in [0.2, 0.25) is 0 Å². The maximum atomic E-state index is 11.8. The van der Waals surface area contributed by atoms with Gasteiger partial charge in [0, 0.05) is 6.04 Å². The minimum Gasteiger partial charge on any atom is -0.352 e. The fourth-order valence-corrected chi connectivity index (χ4v) is 1.92. The first-order valence-electron chi connectivity index (χ1n) is 6.73. The van der Waals surface area contributed by atoms with E-state index in [1.165, 1.54) is 5.56 Å². The molecule has 0 aliphatic heterocycles. The van der Waals surface area contributed by atoms with Gasteiger partial charge >= 0.3 is 0 Å². The molecule has 1 aromatic carbocycles. The zero-order valence-corrected chi connectivity index (χ0v) is 11.4. The molecular formula is C15H24N2O. The zero-order valence-electron chi connectivity index (χ0n) is 11.4. The second kappa shape index (κ2) is 7.88. The van der Waals surface area contributed by atoms with Crippen LogP contribution < -0.4 is 11.1 Å². The van der Waals surface area contributed by atoms with Crippen LogP contribution in [0.1, 0.15) is 38.7 Å². The third-order valence-corrected chi connectivity index (χ3v) is 2.98. The highest BCUT2D eigenvalue weighted by atomic mass is 16.2. The highest BCUT2D eigenvalue weighted by molar-refractivity contribution is 5.81. The first-order valence-corrected chi connectivity index (χ1v) is 6.73. The van der Waals surface area contributed by atoms with Gasteiger partial charge < -0.3 is 11.1 Å². The lowest BCUT2D eigenvalue weighted by molar-refractivity contribution is -0.123. The van der Waals surface area contributed by atoms with Crippen molar-refractivity contribution in [1.82, 2.24) is 5.32 Å². The summed E-state index contributed by atoms with van der Waals surface area (Å²) in [5.74, 6) is -0.0353. The zero-order chi connectivity index (χ0) is 13.4. The smallest absolute Gasteiger partial charge is 0.237 e. The first kappa shape index (κ1) is 14.7. The molecule has 3 nitrogen and oxygen atoms in total. The van der Waals surface area contributed by atoms with E-state index in [-0.39, 0.29) is 18.0 Å². The Morgan fingerprint density at radius 2 is 2.00 bits per heavy atom. The van der Waals surface area contributed by atoms with Gasteiger partial charge in [0.2, 0.25) is 5.91 Å². The van der Waals surface area contributed by atoms with Crippen molar-refractivity contribution < 1.29 is 4.79 Å². The topological polar surface area (TPSA) is 55.1 Å². The molecule has 1 amide bonds. The molecule has 0 saturated carbocycles. The van der Waals surface area contributed by atoms with Gasteiger partial charge in [-0.25, -0.2) is 0 Å². The van der Waals surface area contributed by atoms with Crippen molar-refractivity contribution in [3.8, 4) is 0 Å². The molecule has 18 heavy (non-hydrogen) atoms. The fourth-order valence-electron chi connectivity index (χ4n) is 1.92. The maximum Gasteiger partial charge on any atom is 0.237 e. The molecule has 0 bridgehead atoms. The quantitative estimate of drug-likeness (QED) is 0.777. The van der Waals surface area contributed by atoms with Crippen LogP contribution in [-0.2, 0) is 11.2 Å². The van der Waals surface area contributed by atoms with E-state index in [4.69, 9.17) is 5.73 Å². The Labute approximate surface area is 110 Å². The minimum atomic E-state index is -0.372. The second-order valence-electron chi connectivity index (χ2n) is 4.85. The number of unbranched alkanes of at least 4 members (excludes halogenated alkanes) is 1. The summed E-state index contributed by atoms with van der Waals surface area (Å²) >= 11 is 0. The Morgan fingerprint density at radius 3 is 2.61 bits per heavy atom. The molecule has 1 aromatic rings. The molecule has 3 heteroatoms. The number of benzene rings is 1. The van der Waals surface area contributed by atoms with Gasteiger partial charge in [0.15, 0.2) is 0 Å². The molecule has 0 saturated heterocycles. The van der Waals surface area contributed by atoms with Crippen LogP contribution in [0.3, 0.4) is 0 Å². The summed E-state index contributed by atoms with van der Waals surface area (Å²) in [5, 5.41) is 2.97. The van der Waals surface area contributed by atoms with Crippen molar-refractivity contribution in [2.75, 3.05) is 0 Å².